The van der Waals surface area contributed by atoms with Crippen LogP contribution in [0.2, 0.25) is 0 Å². The predicted molar refractivity (Wildman–Crippen MR) is 53.0 cm³/mol. The van der Waals surface area contributed by atoms with Gasteiger partial charge in [-0.05, 0) is 13.8 Å². The summed E-state index contributed by atoms with van der Waals surface area (Å²) in [7, 11) is -3.74. The zero-order valence-electron chi connectivity index (χ0n) is 8.75. The fourth-order valence-electron chi connectivity index (χ4n) is 2.35. The summed E-state index contributed by atoms with van der Waals surface area (Å²) >= 11 is 0. The van der Waals surface area contributed by atoms with Crippen LogP contribution >= 0.6 is 0 Å². The minimum atomic E-state index is -3.74. The fourth-order valence-corrected chi connectivity index (χ4v) is 4.52. The number of β-lactam (4-membered cyclic amide) rings is 1. The fraction of sp³-hybridized carbons (Fsp3) is 0.750. The first-order valence-corrected chi connectivity index (χ1v) is 6.22. The molecule has 2 heterocycles. The van der Waals surface area contributed by atoms with Crippen molar-refractivity contribution in [3.8, 4) is 0 Å². The molecule has 3 atom stereocenters. The number of fused-ring (bicyclic) bond motifs is 1. The van der Waals surface area contributed by atoms with Crippen LogP contribution in [-0.4, -0.2) is 52.5 Å². The van der Waals surface area contributed by atoms with Crippen LogP contribution in [0, 0.1) is 0 Å². The normalized spacial score (nSPS) is 39.1. The maximum Gasteiger partial charge on any atom is 0.328 e. The Kier molecular flexibility index (Phi) is 1.95. The second-order valence-electron chi connectivity index (χ2n) is 4.55. The van der Waals surface area contributed by atoms with E-state index in [0.717, 1.165) is 4.90 Å². The van der Waals surface area contributed by atoms with Crippen molar-refractivity contribution in [2.75, 3.05) is 0 Å². The Morgan fingerprint density at radius 1 is 1.50 bits per heavy atom. The molecule has 2 aliphatic heterocycles. The van der Waals surface area contributed by atoms with Gasteiger partial charge >= 0.3 is 5.97 Å². The predicted octanol–water partition coefficient (Wildman–Crippen LogP) is -1.86. The van der Waals surface area contributed by atoms with Crippen molar-refractivity contribution in [1.29, 1.82) is 0 Å². The molecule has 8 heteroatoms. The van der Waals surface area contributed by atoms with Crippen LogP contribution in [0.5, 0.6) is 0 Å². The summed E-state index contributed by atoms with van der Waals surface area (Å²) in [6.07, 6.45) is 0. The average molecular weight is 248 g/mol. The molecule has 7 nitrogen and oxygen atoms in total. The summed E-state index contributed by atoms with van der Waals surface area (Å²) in [4.78, 5) is 23.3. The zero-order chi connectivity index (χ0) is 12.5. The summed E-state index contributed by atoms with van der Waals surface area (Å²) in [6, 6.07) is -2.48. The molecule has 0 aromatic heterocycles. The lowest BCUT2D eigenvalue weighted by atomic mass is 9.96. The van der Waals surface area contributed by atoms with Crippen LogP contribution in [0.25, 0.3) is 0 Å². The van der Waals surface area contributed by atoms with Crippen molar-refractivity contribution >= 4 is 21.7 Å². The van der Waals surface area contributed by atoms with Crippen LogP contribution < -0.4 is 5.73 Å². The lowest BCUT2D eigenvalue weighted by Crippen LogP contribution is -2.70. The monoisotopic (exact) mass is 248 g/mol. The first-order valence-electron chi connectivity index (χ1n) is 4.68. The molecule has 2 saturated heterocycles. The van der Waals surface area contributed by atoms with Crippen molar-refractivity contribution in [2.24, 2.45) is 5.73 Å². The Morgan fingerprint density at radius 3 is 2.44 bits per heavy atom. The first kappa shape index (κ1) is 11.3. The summed E-state index contributed by atoms with van der Waals surface area (Å²) < 4.78 is 22.5. The smallest absolute Gasteiger partial charge is 0.328 e. The molecule has 0 aromatic carbocycles. The highest BCUT2D eigenvalue weighted by molar-refractivity contribution is 7.94. The number of nitrogens with zero attached hydrogens (tertiary/aromatic N) is 1. The van der Waals surface area contributed by atoms with Crippen molar-refractivity contribution < 1.29 is 23.1 Å². The third-order valence-electron chi connectivity index (χ3n) is 3.34. The third-order valence-corrected chi connectivity index (χ3v) is 6.19. The van der Waals surface area contributed by atoms with E-state index in [-0.39, 0.29) is 0 Å². The number of nitrogens with two attached hydrogens (primary N) is 1. The van der Waals surface area contributed by atoms with Gasteiger partial charge in [-0.3, -0.25) is 4.79 Å². The van der Waals surface area contributed by atoms with E-state index in [9.17, 15) is 18.0 Å². The Labute approximate surface area is 92.1 Å². The molecular weight excluding hydrogens is 236 g/mol. The molecule has 2 aliphatic rings. The number of carboxylic acid groups (broad SMARTS) is 1. The van der Waals surface area contributed by atoms with E-state index in [1.54, 1.807) is 0 Å². The number of sulfone groups is 1. The molecule has 90 valence electrons. The van der Waals surface area contributed by atoms with Crippen LogP contribution in [0.1, 0.15) is 13.8 Å². The highest BCUT2D eigenvalue weighted by atomic mass is 32.2. The molecule has 3 N–H and O–H groups in total. The van der Waals surface area contributed by atoms with Gasteiger partial charge in [0.25, 0.3) is 0 Å². The Morgan fingerprint density at radius 2 is 2.00 bits per heavy atom. The van der Waals surface area contributed by atoms with Crippen LogP contribution in [0.3, 0.4) is 0 Å². The highest BCUT2D eigenvalue weighted by Crippen LogP contribution is 2.45. The number of carbonyl (C=O) groups excluding carboxylic acids is 1. The van der Waals surface area contributed by atoms with Crippen molar-refractivity contribution in [3.63, 3.8) is 0 Å². The Hall–Kier alpha value is -1.15. The third kappa shape index (κ3) is 0.938. The molecule has 2 rings (SSSR count). The quantitative estimate of drug-likeness (QED) is 0.525. The van der Waals surface area contributed by atoms with E-state index in [4.69, 9.17) is 10.8 Å². The largest absolute Gasteiger partial charge is 0.480 e. The van der Waals surface area contributed by atoms with Gasteiger partial charge in [0.05, 0.1) is 0 Å². The van der Waals surface area contributed by atoms with Gasteiger partial charge in [-0.15, -0.1) is 0 Å². The van der Waals surface area contributed by atoms with Gasteiger partial charge in [0.2, 0.25) is 5.91 Å². The highest BCUT2D eigenvalue weighted by Gasteiger charge is 2.71. The van der Waals surface area contributed by atoms with Crippen LogP contribution in [-0.2, 0) is 19.4 Å². The molecule has 0 bridgehead atoms. The van der Waals surface area contributed by atoms with Crippen molar-refractivity contribution in [3.05, 3.63) is 0 Å². The lowest BCUT2D eigenvalue weighted by Gasteiger charge is -2.40. The van der Waals surface area contributed by atoms with Gasteiger partial charge in [0.15, 0.2) is 15.2 Å². The molecule has 2 fully saturated rings. The maximum atomic E-state index is 12.0. The van der Waals surface area contributed by atoms with E-state index in [2.05, 4.69) is 0 Å². The number of aliphatic carboxylic acids is 1. The molecular formula is C8H12N2O5S. The van der Waals surface area contributed by atoms with Gasteiger partial charge in [-0.25, -0.2) is 13.2 Å². The summed E-state index contributed by atoms with van der Waals surface area (Å²) in [5, 5.41) is 7.82. The van der Waals surface area contributed by atoms with Gasteiger partial charge in [-0.2, -0.15) is 0 Å². The molecule has 0 aromatic rings. The van der Waals surface area contributed by atoms with Gasteiger partial charge < -0.3 is 15.7 Å². The van der Waals surface area contributed by atoms with E-state index in [1.165, 1.54) is 13.8 Å². The molecule has 0 radical (unpaired) electrons. The molecule has 16 heavy (non-hydrogen) atoms. The van der Waals surface area contributed by atoms with Crippen molar-refractivity contribution in [1.82, 2.24) is 4.90 Å². The Bertz CT molecular complexity index is 483. The SMILES string of the molecule is CC1(C)C(C(=O)O)N2C(=O)C(N)[C@@H]2S1(=O)=O. The second kappa shape index (κ2) is 2.75. The number of hydrogen-bond donors (Lipinski definition) is 2. The lowest BCUT2D eigenvalue weighted by molar-refractivity contribution is -0.159. The van der Waals surface area contributed by atoms with Crippen LogP contribution in [0.15, 0.2) is 0 Å². The number of carboxylic acids is 1. The van der Waals surface area contributed by atoms with E-state index in [0.29, 0.717) is 0 Å². The Balaban J connectivity index is 2.60. The molecule has 1 amide bonds. The summed E-state index contributed by atoms with van der Waals surface area (Å²) in [5.74, 6) is -1.94. The first-order chi connectivity index (χ1) is 7.14. The summed E-state index contributed by atoms with van der Waals surface area (Å²) in [6.45, 7) is 2.61. The second-order valence-corrected chi connectivity index (χ2v) is 7.18. The number of hydrogen-bond acceptors (Lipinski definition) is 5. The number of rotatable bonds is 1. The minimum absolute atomic E-state index is 0.619. The maximum absolute atomic E-state index is 12.0. The zero-order valence-corrected chi connectivity index (χ0v) is 9.56. The van der Waals surface area contributed by atoms with E-state index >= 15 is 0 Å². The molecule has 2 unspecified atom stereocenters. The van der Waals surface area contributed by atoms with Gasteiger partial charge in [0.1, 0.15) is 16.8 Å². The van der Waals surface area contributed by atoms with E-state index in [1.807, 2.05) is 0 Å². The summed E-state index contributed by atoms with van der Waals surface area (Å²) in [5.41, 5.74) is 5.40. The number of amides is 1. The van der Waals surface area contributed by atoms with Crippen molar-refractivity contribution in [2.45, 2.75) is 36.1 Å². The van der Waals surface area contributed by atoms with Crippen LogP contribution in [0.4, 0.5) is 0 Å². The topological polar surface area (TPSA) is 118 Å². The average Bonchev–Trinajstić information content (AvgIpc) is 2.28. The molecule has 0 aliphatic carbocycles. The van der Waals surface area contributed by atoms with Gasteiger partial charge in [0, 0.05) is 0 Å². The molecule has 0 spiro atoms. The standard InChI is InChI=1S/C8H12N2O5S/c1-8(2)4(7(12)13)10-5(11)3(9)6(10)16(8,14)15/h3-4,6H,9H2,1-2H3,(H,12,13)/t3?,4?,6-/m0/s1. The minimum Gasteiger partial charge on any atom is -0.480 e. The van der Waals surface area contributed by atoms with E-state index < -0.39 is 43.9 Å². The van der Waals surface area contributed by atoms with Gasteiger partial charge in [-0.1, -0.05) is 0 Å². The number of carbonyl (C=O) groups is 2. The molecule has 0 saturated carbocycles.